The Morgan fingerprint density at radius 1 is 1.22 bits per heavy atom. The van der Waals surface area contributed by atoms with Gasteiger partial charge in [0.05, 0.1) is 5.02 Å². The maximum absolute atomic E-state index is 10.9. The van der Waals surface area contributed by atoms with Crippen LogP contribution in [0.3, 0.4) is 0 Å². The molecule has 0 atom stereocenters. The van der Waals surface area contributed by atoms with E-state index in [1.807, 2.05) is 0 Å². The molecule has 1 rings (SSSR count). The minimum atomic E-state index is -5.03. The normalized spacial score (nSPS) is 11.8. The first-order valence-corrected chi connectivity index (χ1v) is 7.45. The van der Waals surface area contributed by atoms with E-state index in [0.29, 0.717) is 0 Å². The van der Waals surface area contributed by atoms with Gasteiger partial charge in [-0.25, -0.2) is 4.57 Å². The first-order valence-electron chi connectivity index (χ1n) is 3.72. The standard InChI is InChI=1S/C6H5Cl2O7PS.Na.H/c7-3-1-4(8)6(15-16(9,10)11)5(2-3)17(12,13)14;;/h1-2H,(H2,9,10,11)(H,12,13,14);;. The Morgan fingerprint density at radius 2 is 1.72 bits per heavy atom. The van der Waals surface area contributed by atoms with Gasteiger partial charge in [0.1, 0.15) is 4.90 Å². The predicted molar refractivity (Wildman–Crippen MR) is 66.1 cm³/mol. The van der Waals surface area contributed by atoms with Crippen molar-refractivity contribution in [1.29, 1.82) is 0 Å². The summed E-state index contributed by atoms with van der Waals surface area (Å²) in [6.45, 7) is 0. The van der Waals surface area contributed by atoms with Gasteiger partial charge in [0, 0.05) is 5.02 Å². The summed E-state index contributed by atoms with van der Waals surface area (Å²) in [6, 6.07) is 1.75. The number of rotatable bonds is 3. The molecule has 0 aliphatic rings. The predicted octanol–water partition coefficient (Wildman–Crippen LogP) is 1.06. The molecule has 3 N–H and O–H groups in total. The van der Waals surface area contributed by atoms with Crippen molar-refractivity contribution in [3.8, 4) is 5.75 Å². The van der Waals surface area contributed by atoms with Gasteiger partial charge in [-0.05, 0) is 12.1 Å². The second-order valence-corrected chi connectivity index (χ2v) is 6.17. The zero-order valence-corrected chi connectivity index (χ0v) is 11.0. The van der Waals surface area contributed by atoms with E-state index >= 15 is 0 Å². The second-order valence-electron chi connectivity index (χ2n) is 2.77. The molecule has 0 aliphatic carbocycles. The van der Waals surface area contributed by atoms with Gasteiger partial charge in [-0.1, -0.05) is 23.2 Å². The van der Waals surface area contributed by atoms with Crippen LogP contribution in [0.1, 0.15) is 0 Å². The van der Waals surface area contributed by atoms with Crippen molar-refractivity contribution < 1.29 is 31.8 Å². The zero-order chi connectivity index (χ0) is 13.4. The summed E-state index contributed by atoms with van der Waals surface area (Å²) in [5.41, 5.74) is 0. The van der Waals surface area contributed by atoms with Gasteiger partial charge >= 0.3 is 37.4 Å². The Labute approximate surface area is 134 Å². The van der Waals surface area contributed by atoms with E-state index in [1.54, 1.807) is 0 Å². The molecule has 0 saturated carbocycles. The first-order chi connectivity index (χ1) is 7.50. The Kier molecular flexibility index (Phi) is 6.64. The molecule has 0 spiro atoms. The molecule has 0 aliphatic heterocycles. The molecule has 7 nitrogen and oxygen atoms in total. The monoisotopic (exact) mass is 346 g/mol. The summed E-state index contributed by atoms with van der Waals surface area (Å²) >= 11 is 11.0. The van der Waals surface area contributed by atoms with Gasteiger partial charge in [-0.3, -0.25) is 14.3 Å². The fourth-order valence-corrected chi connectivity index (χ4v) is 2.80. The molecule has 0 unspecified atom stereocenters. The molecule has 12 heteroatoms. The third-order valence-corrected chi connectivity index (χ3v) is 3.24. The van der Waals surface area contributed by atoms with Crippen molar-refractivity contribution in [2.45, 2.75) is 4.90 Å². The van der Waals surface area contributed by atoms with Crippen LogP contribution in [0.25, 0.3) is 0 Å². The van der Waals surface area contributed by atoms with Gasteiger partial charge in [0.25, 0.3) is 10.1 Å². The number of phosphoric acid groups is 1. The fourth-order valence-electron chi connectivity index (χ4n) is 0.936. The quantitative estimate of drug-likeness (QED) is 0.425. The van der Waals surface area contributed by atoms with Crippen LogP contribution in [0.4, 0.5) is 0 Å². The SMILES string of the molecule is O=P(O)(O)Oc1c(Cl)cc(Cl)cc1S(=O)(=O)O.[NaH]. The van der Waals surface area contributed by atoms with Crippen LogP contribution in [-0.2, 0) is 14.7 Å². The van der Waals surface area contributed by atoms with E-state index in [2.05, 4.69) is 4.52 Å². The number of phosphoric ester groups is 1. The molecule has 0 fully saturated rings. The van der Waals surface area contributed by atoms with E-state index in [0.717, 1.165) is 12.1 Å². The minimum absolute atomic E-state index is 0. The molecule has 0 bridgehead atoms. The summed E-state index contributed by atoms with van der Waals surface area (Å²) in [5.74, 6) is -0.869. The summed E-state index contributed by atoms with van der Waals surface area (Å²) in [4.78, 5) is 16.2. The van der Waals surface area contributed by atoms with Gasteiger partial charge < -0.3 is 4.52 Å². The fraction of sp³-hybridized carbons (Fsp3) is 0. The molecule has 0 heterocycles. The van der Waals surface area contributed by atoms with Crippen molar-refractivity contribution >= 4 is 70.7 Å². The molecule has 18 heavy (non-hydrogen) atoms. The summed E-state index contributed by atoms with van der Waals surface area (Å²) in [6.07, 6.45) is 0. The number of hydrogen-bond donors (Lipinski definition) is 3. The van der Waals surface area contributed by atoms with Gasteiger partial charge in [0.2, 0.25) is 0 Å². The van der Waals surface area contributed by atoms with Crippen molar-refractivity contribution in [3.05, 3.63) is 22.2 Å². The van der Waals surface area contributed by atoms with Crippen LogP contribution in [0, 0.1) is 0 Å². The van der Waals surface area contributed by atoms with Gasteiger partial charge in [-0.2, -0.15) is 8.42 Å². The molecule has 0 aromatic heterocycles. The van der Waals surface area contributed by atoms with Crippen LogP contribution in [-0.4, -0.2) is 52.3 Å². The third kappa shape index (κ3) is 5.34. The summed E-state index contributed by atoms with van der Waals surface area (Å²) < 4.78 is 45.4. The van der Waals surface area contributed by atoms with E-state index in [-0.39, 0.29) is 34.6 Å². The molecular weight excluding hydrogens is 341 g/mol. The number of halogens is 2. The molecule has 98 valence electrons. The topological polar surface area (TPSA) is 121 Å². The second kappa shape index (κ2) is 6.41. The molecular formula is C6H6Cl2NaO7PS. The van der Waals surface area contributed by atoms with Crippen LogP contribution < -0.4 is 4.52 Å². The maximum atomic E-state index is 10.9. The molecule has 1 aromatic rings. The van der Waals surface area contributed by atoms with Crippen molar-refractivity contribution in [1.82, 2.24) is 0 Å². The van der Waals surface area contributed by atoms with E-state index in [1.165, 1.54) is 0 Å². The van der Waals surface area contributed by atoms with Gasteiger partial charge in [0.15, 0.2) is 5.75 Å². The van der Waals surface area contributed by atoms with Gasteiger partial charge in [-0.15, -0.1) is 0 Å². The van der Waals surface area contributed by atoms with E-state index in [4.69, 9.17) is 37.5 Å². The van der Waals surface area contributed by atoms with Crippen molar-refractivity contribution in [3.63, 3.8) is 0 Å². The number of benzene rings is 1. The van der Waals surface area contributed by atoms with E-state index in [9.17, 15) is 13.0 Å². The van der Waals surface area contributed by atoms with Crippen molar-refractivity contribution in [2.24, 2.45) is 0 Å². The van der Waals surface area contributed by atoms with Crippen LogP contribution in [0.5, 0.6) is 5.75 Å². The van der Waals surface area contributed by atoms with Crippen LogP contribution >= 0.6 is 31.0 Å². The molecule has 0 saturated heterocycles. The number of hydrogen-bond acceptors (Lipinski definition) is 4. The summed E-state index contributed by atoms with van der Waals surface area (Å²) in [5, 5.41) is -0.617. The Hall–Kier alpha value is 0.660. The third-order valence-electron chi connectivity index (χ3n) is 1.46. The van der Waals surface area contributed by atoms with E-state index < -0.39 is 33.6 Å². The zero-order valence-electron chi connectivity index (χ0n) is 7.74. The molecule has 0 radical (unpaired) electrons. The Bertz CT molecular complexity index is 598. The average molecular weight is 347 g/mol. The Morgan fingerprint density at radius 3 is 2.11 bits per heavy atom. The van der Waals surface area contributed by atoms with Crippen LogP contribution in [0.15, 0.2) is 17.0 Å². The Balaban J connectivity index is 0.00000289. The first kappa shape index (κ1) is 18.7. The summed E-state index contributed by atoms with van der Waals surface area (Å²) in [7, 11) is -9.82. The molecule has 0 amide bonds. The van der Waals surface area contributed by atoms with Crippen molar-refractivity contribution in [2.75, 3.05) is 0 Å². The van der Waals surface area contributed by atoms with Crippen LogP contribution in [0.2, 0.25) is 10.0 Å². The molecule has 1 aromatic carbocycles. The average Bonchev–Trinajstić information content (AvgIpc) is 2.05.